The van der Waals surface area contributed by atoms with Gasteiger partial charge in [0, 0.05) is 24.7 Å². The fourth-order valence-electron chi connectivity index (χ4n) is 2.93. The Morgan fingerprint density at radius 2 is 1.91 bits per heavy atom. The molecule has 5 heteroatoms. The summed E-state index contributed by atoms with van der Waals surface area (Å²) >= 11 is 0. The number of halogens is 1. The van der Waals surface area contributed by atoms with Gasteiger partial charge in [0.1, 0.15) is 5.75 Å². The first kappa shape index (κ1) is 19.8. The van der Waals surface area contributed by atoms with Crippen molar-refractivity contribution < 1.29 is 9.53 Å². The van der Waals surface area contributed by atoms with Gasteiger partial charge in [-0.1, -0.05) is 31.7 Å². The van der Waals surface area contributed by atoms with Gasteiger partial charge in [0.2, 0.25) is 0 Å². The van der Waals surface area contributed by atoms with Crippen LogP contribution in [0.3, 0.4) is 0 Å². The second kappa shape index (κ2) is 11.3. The second-order valence-electron chi connectivity index (χ2n) is 5.86. The average Bonchev–Trinajstić information content (AvgIpc) is 2.81. The van der Waals surface area contributed by atoms with E-state index in [1.807, 2.05) is 25.1 Å². The van der Waals surface area contributed by atoms with Crippen LogP contribution in [0.1, 0.15) is 55.8 Å². The van der Waals surface area contributed by atoms with Crippen LogP contribution in [0.4, 0.5) is 0 Å². The molecule has 0 aliphatic heterocycles. The van der Waals surface area contributed by atoms with Crippen molar-refractivity contribution in [3.63, 3.8) is 0 Å². The summed E-state index contributed by atoms with van der Waals surface area (Å²) in [5.74, 6) is 0.705. The minimum atomic E-state index is -0.0378. The Morgan fingerprint density at radius 1 is 1.17 bits per heavy atom. The molecule has 0 aromatic heterocycles. The van der Waals surface area contributed by atoms with Gasteiger partial charge in [-0.15, -0.1) is 12.4 Å². The number of ether oxygens (including phenoxy) is 1. The van der Waals surface area contributed by atoms with Gasteiger partial charge in [-0.3, -0.25) is 4.79 Å². The molecule has 0 unspecified atom stereocenters. The molecule has 1 aliphatic carbocycles. The predicted molar refractivity (Wildman–Crippen MR) is 96.7 cm³/mol. The summed E-state index contributed by atoms with van der Waals surface area (Å²) in [6.07, 6.45) is 7.92. The van der Waals surface area contributed by atoms with Crippen LogP contribution in [0.25, 0.3) is 0 Å². The van der Waals surface area contributed by atoms with Crippen molar-refractivity contribution in [3.05, 3.63) is 29.8 Å². The molecule has 0 heterocycles. The normalized spacial score (nSPS) is 15.3. The van der Waals surface area contributed by atoms with Crippen molar-refractivity contribution in [1.29, 1.82) is 0 Å². The molecule has 23 heavy (non-hydrogen) atoms. The van der Waals surface area contributed by atoms with E-state index in [1.165, 1.54) is 38.5 Å². The number of carbonyl (C=O) groups excluding carboxylic acids is 1. The lowest BCUT2D eigenvalue weighted by Crippen LogP contribution is -2.36. The van der Waals surface area contributed by atoms with Gasteiger partial charge in [0.15, 0.2) is 0 Å². The Labute approximate surface area is 145 Å². The Kier molecular flexibility index (Phi) is 9.72. The minimum Gasteiger partial charge on any atom is -0.494 e. The van der Waals surface area contributed by atoms with E-state index in [9.17, 15) is 4.79 Å². The largest absolute Gasteiger partial charge is 0.494 e. The number of rotatable bonds is 7. The molecule has 1 aromatic rings. The molecule has 0 bridgehead atoms. The summed E-state index contributed by atoms with van der Waals surface area (Å²) in [5.41, 5.74) is 0.653. The highest BCUT2D eigenvalue weighted by atomic mass is 35.5. The SMILES string of the molecule is CCOc1cccc(C(=O)NCCNC2CCCCCC2)c1.Cl. The monoisotopic (exact) mass is 340 g/mol. The smallest absolute Gasteiger partial charge is 0.251 e. The average molecular weight is 341 g/mol. The standard InChI is InChI=1S/C18H28N2O2.ClH/c1-2-22-17-11-7-8-15(14-17)18(21)20-13-12-19-16-9-5-3-4-6-10-16;/h7-8,11,14,16,19H,2-6,9-10,12-13H2,1H3,(H,20,21);1H. The highest BCUT2D eigenvalue weighted by Gasteiger charge is 2.11. The molecule has 0 radical (unpaired) electrons. The van der Waals surface area contributed by atoms with Gasteiger partial charge in [0.05, 0.1) is 6.61 Å². The van der Waals surface area contributed by atoms with Crippen molar-refractivity contribution in [3.8, 4) is 5.75 Å². The fourth-order valence-corrected chi connectivity index (χ4v) is 2.93. The number of amides is 1. The molecular formula is C18H29ClN2O2. The summed E-state index contributed by atoms with van der Waals surface area (Å²) in [4.78, 5) is 12.1. The maximum absolute atomic E-state index is 12.1. The van der Waals surface area contributed by atoms with Gasteiger partial charge in [-0.2, -0.15) is 0 Å². The first-order valence-electron chi connectivity index (χ1n) is 8.54. The molecule has 1 aromatic carbocycles. The van der Waals surface area contributed by atoms with E-state index in [-0.39, 0.29) is 18.3 Å². The Bertz CT molecular complexity index is 460. The molecule has 1 amide bonds. The quantitative estimate of drug-likeness (QED) is 0.589. The maximum Gasteiger partial charge on any atom is 0.251 e. The first-order valence-corrected chi connectivity index (χ1v) is 8.54. The number of hydrogen-bond donors (Lipinski definition) is 2. The molecule has 1 saturated carbocycles. The van der Waals surface area contributed by atoms with E-state index in [0.29, 0.717) is 24.8 Å². The molecule has 0 atom stereocenters. The number of carbonyl (C=O) groups is 1. The Hall–Kier alpha value is -1.26. The zero-order valence-corrected chi connectivity index (χ0v) is 14.8. The topological polar surface area (TPSA) is 50.4 Å². The van der Waals surface area contributed by atoms with E-state index >= 15 is 0 Å². The Morgan fingerprint density at radius 3 is 2.61 bits per heavy atom. The lowest BCUT2D eigenvalue weighted by molar-refractivity contribution is 0.0953. The van der Waals surface area contributed by atoms with Crippen molar-refractivity contribution in [2.75, 3.05) is 19.7 Å². The minimum absolute atomic E-state index is 0. The van der Waals surface area contributed by atoms with Gasteiger partial charge < -0.3 is 15.4 Å². The third-order valence-electron chi connectivity index (χ3n) is 4.11. The number of nitrogens with one attached hydrogen (secondary N) is 2. The van der Waals surface area contributed by atoms with Gasteiger partial charge in [0.25, 0.3) is 5.91 Å². The molecule has 1 fully saturated rings. The van der Waals surface area contributed by atoms with Crippen molar-refractivity contribution in [1.82, 2.24) is 10.6 Å². The summed E-state index contributed by atoms with van der Waals surface area (Å²) in [6, 6.07) is 7.95. The molecule has 1 aliphatic rings. The van der Waals surface area contributed by atoms with Crippen LogP contribution in [0.15, 0.2) is 24.3 Å². The third-order valence-corrected chi connectivity index (χ3v) is 4.11. The van der Waals surface area contributed by atoms with Crippen molar-refractivity contribution >= 4 is 18.3 Å². The van der Waals surface area contributed by atoms with Crippen LogP contribution in [0, 0.1) is 0 Å². The highest BCUT2D eigenvalue weighted by Crippen LogP contribution is 2.17. The van der Waals surface area contributed by atoms with Gasteiger partial charge >= 0.3 is 0 Å². The van der Waals surface area contributed by atoms with E-state index in [2.05, 4.69) is 10.6 Å². The second-order valence-corrected chi connectivity index (χ2v) is 5.86. The maximum atomic E-state index is 12.1. The number of hydrogen-bond acceptors (Lipinski definition) is 3. The summed E-state index contributed by atoms with van der Waals surface area (Å²) in [7, 11) is 0. The number of benzene rings is 1. The molecule has 4 nitrogen and oxygen atoms in total. The lowest BCUT2D eigenvalue weighted by atomic mass is 10.1. The predicted octanol–water partition coefficient (Wildman–Crippen LogP) is 3.55. The highest BCUT2D eigenvalue weighted by molar-refractivity contribution is 5.94. The first-order chi connectivity index (χ1) is 10.8. The van der Waals surface area contributed by atoms with Crippen LogP contribution in [-0.4, -0.2) is 31.6 Å². The van der Waals surface area contributed by atoms with Crippen molar-refractivity contribution in [2.24, 2.45) is 0 Å². The van der Waals surface area contributed by atoms with Crippen LogP contribution in [-0.2, 0) is 0 Å². The third kappa shape index (κ3) is 7.23. The summed E-state index contributed by atoms with van der Waals surface area (Å²) in [5, 5.41) is 6.53. The molecule has 0 spiro atoms. The summed E-state index contributed by atoms with van der Waals surface area (Å²) in [6.45, 7) is 4.04. The molecule has 2 N–H and O–H groups in total. The molecule has 130 valence electrons. The summed E-state index contributed by atoms with van der Waals surface area (Å²) < 4.78 is 5.42. The van der Waals surface area contributed by atoms with Crippen molar-refractivity contribution in [2.45, 2.75) is 51.5 Å². The van der Waals surface area contributed by atoms with Crippen LogP contribution in [0.5, 0.6) is 5.75 Å². The van der Waals surface area contributed by atoms with Crippen LogP contribution < -0.4 is 15.4 Å². The van der Waals surface area contributed by atoms with Gasteiger partial charge in [-0.25, -0.2) is 0 Å². The fraction of sp³-hybridized carbons (Fsp3) is 0.611. The van der Waals surface area contributed by atoms with E-state index in [1.54, 1.807) is 6.07 Å². The molecule has 0 saturated heterocycles. The van der Waals surface area contributed by atoms with E-state index in [0.717, 1.165) is 12.3 Å². The van der Waals surface area contributed by atoms with E-state index in [4.69, 9.17) is 4.74 Å². The zero-order chi connectivity index (χ0) is 15.6. The molecular weight excluding hydrogens is 312 g/mol. The van der Waals surface area contributed by atoms with Crippen LogP contribution in [0.2, 0.25) is 0 Å². The van der Waals surface area contributed by atoms with Crippen LogP contribution >= 0.6 is 12.4 Å². The molecule has 2 rings (SSSR count). The zero-order valence-electron chi connectivity index (χ0n) is 14.0. The lowest BCUT2D eigenvalue weighted by Gasteiger charge is -2.16. The van der Waals surface area contributed by atoms with E-state index < -0.39 is 0 Å². The Balaban J connectivity index is 0.00000264. The van der Waals surface area contributed by atoms with Gasteiger partial charge in [-0.05, 0) is 38.0 Å².